The number of rotatable bonds is 5. The lowest BCUT2D eigenvalue weighted by molar-refractivity contribution is 0.146. The summed E-state index contributed by atoms with van der Waals surface area (Å²) in [5, 5.41) is 3.73. The number of nitrogens with one attached hydrogen (secondary N) is 1. The highest BCUT2D eigenvalue weighted by Crippen LogP contribution is 2.31. The summed E-state index contributed by atoms with van der Waals surface area (Å²) in [5.74, 6) is 0.455. The molecule has 5 nitrogen and oxygen atoms in total. The minimum absolute atomic E-state index is 0.135. The third kappa shape index (κ3) is 3.65. The Morgan fingerprint density at radius 3 is 2.44 bits per heavy atom. The van der Waals surface area contributed by atoms with E-state index in [-0.39, 0.29) is 5.56 Å². The molecule has 2 aromatic heterocycles. The van der Waals surface area contributed by atoms with Gasteiger partial charge in [0.25, 0.3) is 6.43 Å². The highest BCUT2D eigenvalue weighted by molar-refractivity contribution is 5.87. The first-order valence-electron chi connectivity index (χ1n) is 8.34. The molecule has 142 valence electrons. The van der Waals surface area contributed by atoms with Crippen LogP contribution in [0.5, 0.6) is 5.88 Å². The number of hydrogen-bond donors (Lipinski definition) is 1. The fourth-order valence-electron chi connectivity index (χ4n) is 2.92. The summed E-state index contributed by atoms with van der Waals surface area (Å²) in [5.41, 5.74) is 0.739. The number of hydrogen-bond acceptors (Lipinski definition) is 5. The molecule has 0 saturated heterocycles. The molecule has 0 saturated carbocycles. The highest BCUT2D eigenvalue weighted by atomic mass is 19.3. The number of alkyl halides is 2. The molecule has 8 heteroatoms. The summed E-state index contributed by atoms with van der Waals surface area (Å²) >= 11 is 0. The molecule has 1 aromatic carbocycles. The first-order valence-corrected chi connectivity index (χ1v) is 8.34. The highest BCUT2D eigenvalue weighted by Gasteiger charge is 2.20. The van der Waals surface area contributed by atoms with Crippen molar-refractivity contribution >= 4 is 16.9 Å². The Bertz CT molecular complexity index is 994. The monoisotopic (exact) mass is 376 g/mol. The fourth-order valence-corrected chi connectivity index (χ4v) is 2.92. The van der Waals surface area contributed by atoms with Gasteiger partial charge < -0.3 is 10.1 Å². The quantitative estimate of drug-likeness (QED) is 0.686. The molecule has 27 heavy (non-hydrogen) atoms. The van der Waals surface area contributed by atoms with E-state index in [2.05, 4.69) is 20.3 Å². The molecule has 0 aliphatic heterocycles. The molecule has 1 N–H and O–H groups in total. The maximum Gasteiger partial charge on any atom is 0.266 e. The number of pyridine rings is 1. The molecule has 0 amide bonds. The molecule has 1 atom stereocenters. The molecule has 0 spiro atoms. The number of benzene rings is 1. The average molecular weight is 376 g/mol. The number of aryl methyl sites for hydroxylation is 2. The van der Waals surface area contributed by atoms with Crippen molar-refractivity contribution in [1.29, 1.82) is 0 Å². The Hall–Kier alpha value is -2.90. The van der Waals surface area contributed by atoms with Crippen molar-refractivity contribution in [2.45, 2.75) is 33.2 Å². The second-order valence-electron chi connectivity index (χ2n) is 6.22. The van der Waals surface area contributed by atoms with E-state index < -0.39 is 23.8 Å². The van der Waals surface area contributed by atoms with Gasteiger partial charge in [0.15, 0.2) is 5.65 Å². The summed E-state index contributed by atoms with van der Waals surface area (Å²) in [6.45, 7) is 5.23. The second-order valence-corrected chi connectivity index (χ2v) is 6.22. The number of methoxy groups -OCH3 is 1. The van der Waals surface area contributed by atoms with Crippen LogP contribution in [0, 0.1) is 19.7 Å². The van der Waals surface area contributed by atoms with E-state index in [1.165, 1.54) is 19.2 Å². The molecule has 0 bridgehead atoms. The number of ether oxygens (including phenoxy) is 1. The van der Waals surface area contributed by atoms with E-state index in [1.54, 1.807) is 13.8 Å². The van der Waals surface area contributed by atoms with Gasteiger partial charge in [-0.3, -0.25) is 0 Å². The Morgan fingerprint density at radius 2 is 1.78 bits per heavy atom. The predicted octanol–water partition coefficient (Wildman–Crippen LogP) is 4.90. The van der Waals surface area contributed by atoms with E-state index >= 15 is 0 Å². The molecule has 0 unspecified atom stereocenters. The SMILES string of the molecule is COc1nc2nc(C)nc(N[C@H](C)c3cccc(C(F)F)c3F)c2cc1C. The third-order valence-corrected chi connectivity index (χ3v) is 4.25. The number of nitrogens with zero attached hydrogens (tertiary/aromatic N) is 3. The van der Waals surface area contributed by atoms with Crippen LogP contribution in [-0.2, 0) is 0 Å². The van der Waals surface area contributed by atoms with Crippen molar-refractivity contribution in [3.05, 3.63) is 52.6 Å². The van der Waals surface area contributed by atoms with Crippen molar-refractivity contribution in [2.24, 2.45) is 0 Å². The van der Waals surface area contributed by atoms with Crippen molar-refractivity contribution in [2.75, 3.05) is 12.4 Å². The predicted molar refractivity (Wildman–Crippen MR) is 96.8 cm³/mol. The summed E-state index contributed by atoms with van der Waals surface area (Å²) in [6, 6.07) is 5.20. The topological polar surface area (TPSA) is 59.9 Å². The molecule has 0 radical (unpaired) electrons. The van der Waals surface area contributed by atoms with Crippen LogP contribution in [0.4, 0.5) is 19.0 Å². The first kappa shape index (κ1) is 18.9. The summed E-state index contributed by atoms with van der Waals surface area (Å²) < 4.78 is 45.6. The maximum atomic E-state index is 14.5. The van der Waals surface area contributed by atoms with E-state index in [4.69, 9.17) is 4.74 Å². The van der Waals surface area contributed by atoms with Crippen LogP contribution >= 0.6 is 0 Å². The molecule has 0 fully saturated rings. The van der Waals surface area contributed by atoms with Crippen LogP contribution in [0.3, 0.4) is 0 Å². The van der Waals surface area contributed by atoms with Crippen molar-refractivity contribution < 1.29 is 17.9 Å². The second kappa shape index (κ2) is 7.38. The van der Waals surface area contributed by atoms with Crippen molar-refractivity contribution in [1.82, 2.24) is 15.0 Å². The molecule has 2 heterocycles. The number of fused-ring (bicyclic) bond motifs is 1. The number of anilines is 1. The van der Waals surface area contributed by atoms with Crippen LogP contribution in [0.1, 0.15) is 41.9 Å². The van der Waals surface area contributed by atoms with E-state index in [1.807, 2.05) is 13.0 Å². The van der Waals surface area contributed by atoms with Crippen LogP contribution in [-0.4, -0.2) is 22.1 Å². The van der Waals surface area contributed by atoms with Gasteiger partial charge in [-0.1, -0.05) is 18.2 Å². The molecule has 3 rings (SSSR count). The van der Waals surface area contributed by atoms with Gasteiger partial charge in [0.1, 0.15) is 17.5 Å². The van der Waals surface area contributed by atoms with Gasteiger partial charge >= 0.3 is 0 Å². The van der Waals surface area contributed by atoms with Gasteiger partial charge in [-0.25, -0.2) is 23.1 Å². The summed E-state index contributed by atoms with van der Waals surface area (Å²) in [4.78, 5) is 13.0. The lowest BCUT2D eigenvalue weighted by atomic mass is 10.0. The zero-order valence-corrected chi connectivity index (χ0v) is 15.3. The van der Waals surface area contributed by atoms with Crippen LogP contribution in [0.15, 0.2) is 24.3 Å². The maximum absolute atomic E-state index is 14.5. The number of halogens is 3. The van der Waals surface area contributed by atoms with Crippen LogP contribution in [0.2, 0.25) is 0 Å². The summed E-state index contributed by atoms with van der Waals surface area (Å²) in [7, 11) is 1.52. The molecular formula is C19H19F3N4O. The Morgan fingerprint density at radius 1 is 1.07 bits per heavy atom. The standard InChI is InChI=1S/C19H19F3N4O/c1-9-8-14-17(24-11(3)25-18(14)26-19(9)27-4)23-10(2)12-6-5-7-13(15(12)20)16(21)22/h5-8,10,16H,1-4H3,(H,23,24,25,26)/t10-/m1/s1. The van der Waals surface area contributed by atoms with Crippen molar-refractivity contribution in [3.63, 3.8) is 0 Å². The zero-order chi connectivity index (χ0) is 19.7. The molecule has 0 aliphatic rings. The minimum atomic E-state index is -2.88. The Balaban J connectivity index is 2.04. The lowest BCUT2D eigenvalue weighted by Gasteiger charge is -2.19. The largest absolute Gasteiger partial charge is 0.481 e. The lowest BCUT2D eigenvalue weighted by Crippen LogP contribution is -2.12. The van der Waals surface area contributed by atoms with Gasteiger partial charge in [0, 0.05) is 11.1 Å². The van der Waals surface area contributed by atoms with E-state index in [0.717, 1.165) is 11.6 Å². The van der Waals surface area contributed by atoms with Crippen LogP contribution in [0.25, 0.3) is 11.0 Å². The minimum Gasteiger partial charge on any atom is -0.481 e. The number of aromatic nitrogens is 3. The molecule has 3 aromatic rings. The first-order chi connectivity index (χ1) is 12.8. The van der Waals surface area contributed by atoms with Gasteiger partial charge in [-0.2, -0.15) is 4.98 Å². The van der Waals surface area contributed by atoms with Crippen molar-refractivity contribution in [3.8, 4) is 5.88 Å². The smallest absolute Gasteiger partial charge is 0.266 e. The molecule has 0 aliphatic carbocycles. The fraction of sp³-hybridized carbons (Fsp3) is 0.316. The third-order valence-electron chi connectivity index (χ3n) is 4.25. The van der Waals surface area contributed by atoms with Gasteiger partial charge in [0.05, 0.1) is 24.1 Å². The van der Waals surface area contributed by atoms with Gasteiger partial charge in [-0.05, 0) is 26.8 Å². The van der Waals surface area contributed by atoms with E-state index in [0.29, 0.717) is 28.6 Å². The van der Waals surface area contributed by atoms with Crippen LogP contribution < -0.4 is 10.1 Å². The summed E-state index contributed by atoms with van der Waals surface area (Å²) in [6.07, 6.45) is -2.88. The molecular weight excluding hydrogens is 357 g/mol. The Labute approximate surface area is 154 Å². The van der Waals surface area contributed by atoms with E-state index in [9.17, 15) is 13.2 Å². The zero-order valence-electron chi connectivity index (χ0n) is 15.3. The normalized spacial score (nSPS) is 12.4. The Kier molecular flexibility index (Phi) is 5.16. The van der Waals surface area contributed by atoms with Gasteiger partial charge in [-0.15, -0.1) is 0 Å². The van der Waals surface area contributed by atoms with Gasteiger partial charge in [0.2, 0.25) is 5.88 Å². The average Bonchev–Trinajstić information content (AvgIpc) is 2.61.